The summed E-state index contributed by atoms with van der Waals surface area (Å²) in [7, 11) is 0. The molecule has 1 N–H and O–H groups in total. The standard InChI is InChI=1S/C7H7NO2/c9-4-2-6-1-3-8-7(10)5-6/h1,3-5H,2H2,(H,8,10). The van der Waals surface area contributed by atoms with Gasteiger partial charge in [0.2, 0.25) is 5.56 Å². The summed E-state index contributed by atoms with van der Waals surface area (Å²) in [6.07, 6.45) is 2.61. The second-order valence-corrected chi connectivity index (χ2v) is 1.93. The summed E-state index contributed by atoms with van der Waals surface area (Å²) < 4.78 is 0. The van der Waals surface area contributed by atoms with Crippen molar-refractivity contribution in [2.24, 2.45) is 0 Å². The quantitative estimate of drug-likeness (QED) is 0.588. The minimum atomic E-state index is -0.167. The van der Waals surface area contributed by atoms with E-state index in [2.05, 4.69) is 4.98 Å². The third-order valence-corrected chi connectivity index (χ3v) is 1.16. The van der Waals surface area contributed by atoms with E-state index in [1.807, 2.05) is 0 Å². The zero-order valence-corrected chi connectivity index (χ0v) is 5.33. The Bertz CT molecular complexity index is 277. The maximum atomic E-state index is 10.6. The normalized spacial score (nSPS) is 9.20. The molecule has 0 fully saturated rings. The first-order chi connectivity index (χ1) is 4.83. The molecule has 3 nitrogen and oxygen atoms in total. The van der Waals surface area contributed by atoms with E-state index >= 15 is 0 Å². The molecule has 1 rings (SSSR count). The van der Waals surface area contributed by atoms with Gasteiger partial charge in [-0.15, -0.1) is 0 Å². The number of nitrogens with one attached hydrogen (secondary N) is 1. The van der Waals surface area contributed by atoms with E-state index in [0.29, 0.717) is 6.42 Å². The number of pyridine rings is 1. The molecule has 0 atom stereocenters. The Labute approximate surface area is 57.7 Å². The molecule has 0 unspecified atom stereocenters. The lowest BCUT2D eigenvalue weighted by Crippen LogP contribution is -2.03. The Morgan fingerprint density at radius 1 is 1.60 bits per heavy atom. The van der Waals surface area contributed by atoms with E-state index in [1.165, 1.54) is 12.3 Å². The highest BCUT2D eigenvalue weighted by molar-refractivity contribution is 5.54. The van der Waals surface area contributed by atoms with Crippen molar-refractivity contribution in [2.45, 2.75) is 6.42 Å². The van der Waals surface area contributed by atoms with Crippen LogP contribution < -0.4 is 5.56 Å². The van der Waals surface area contributed by atoms with Crippen molar-refractivity contribution in [3.05, 3.63) is 34.2 Å². The van der Waals surface area contributed by atoms with Crippen LogP contribution in [0.2, 0.25) is 0 Å². The molecular formula is C7H7NO2. The molecule has 0 bridgehead atoms. The summed E-state index contributed by atoms with van der Waals surface area (Å²) >= 11 is 0. The third-order valence-electron chi connectivity index (χ3n) is 1.16. The van der Waals surface area contributed by atoms with E-state index in [0.717, 1.165) is 11.8 Å². The fourth-order valence-corrected chi connectivity index (χ4v) is 0.712. The summed E-state index contributed by atoms with van der Waals surface area (Å²) in [5.74, 6) is 0. The Balaban J connectivity index is 2.95. The SMILES string of the molecule is O=CCc1cc[nH]c(=O)c1. The van der Waals surface area contributed by atoms with Crippen LogP contribution in [0.15, 0.2) is 23.1 Å². The monoisotopic (exact) mass is 137 g/mol. The summed E-state index contributed by atoms with van der Waals surface area (Å²) in [6.45, 7) is 0. The highest BCUT2D eigenvalue weighted by Gasteiger charge is 1.89. The minimum Gasteiger partial charge on any atom is -0.329 e. The zero-order valence-electron chi connectivity index (χ0n) is 5.33. The molecule has 52 valence electrons. The van der Waals surface area contributed by atoms with Crippen LogP contribution in [0.25, 0.3) is 0 Å². The molecule has 0 radical (unpaired) electrons. The molecule has 0 saturated carbocycles. The Morgan fingerprint density at radius 3 is 3.00 bits per heavy atom. The molecule has 10 heavy (non-hydrogen) atoms. The van der Waals surface area contributed by atoms with Crippen molar-refractivity contribution < 1.29 is 4.79 Å². The van der Waals surface area contributed by atoms with Gasteiger partial charge in [0.15, 0.2) is 0 Å². The maximum Gasteiger partial charge on any atom is 0.248 e. The number of aromatic nitrogens is 1. The first-order valence-corrected chi connectivity index (χ1v) is 2.94. The number of hydrogen-bond donors (Lipinski definition) is 1. The fraction of sp³-hybridized carbons (Fsp3) is 0.143. The van der Waals surface area contributed by atoms with Gasteiger partial charge in [-0.2, -0.15) is 0 Å². The van der Waals surface area contributed by atoms with Crippen molar-refractivity contribution in [1.82, 2.24) is 4.98 Å². The van der Waals surface area contributed by atoms with Crippen LogP contribution >= 0.6 is 0 Å². The zero-order chi connectivity index (χ0) is 7.40. The predicted molar refractivity (Wildman–Crippen MR) is 36.8 cm³/mol. The van der Waals surface area contributed by atoms with Gasteiger partial charge in [0.1, 0.15) is 6.29 Å². The second kappa shape index (κ2) is 2.96. The molecule has 1 aromatic heterocycles. The largest absolute Gasteiger partial charge is 0.329 e. The lowest BCUT2D eigenvalue weighted by Gasteiger charge is -1.89. The number of H-pyrrole nitrogens is 1. The second-order valence-electron chi connectivity index (χ2n) is 1.93. The first kappa shape index (κ1) is 6.74. The Hall–Kier alpha value is -1.38. The van der Waals surface area contributed by atoms with Crippen LogP contribution in [-0.2, 0) is 11.2 Å². The van der Waals surface area contributed by atoms with Gasteiger partial charge in [-0.25, -0.2) is 0 Å². The summed E-state index contributed by atoms with van der Waals surface area (Å²) in [5.41, 5.74) is 0.582. The predicted octanol–water partition coefficient (Wildman–Crippen LogP) is 0.116. The van der Waals surface area contributed by atoms with Gasteiger partial charge in [-0.05, 0) is 11.6 Å². The number of aromatic amines is 1. The number of rotatable bonds is 2. The average Bonchev–Trinajstić information content (AvgIpc) is 1.88. The van der Waals surface area contributed by atoms with Crippen LogP contribution in [0, 0.1) is 0 Å². The third kappa shape index (κ3) is 1.55. The molecule has 0 spiro atoms. The molecular weight excluding hydrogens is 130 g/mol. The fourth-order valence-electron chi connectivity index (χ4n) is 0.712. The molecule has 0 aliphatic carbocycles. The lowest BCUT2D eigenvalue weighted by atomic mass is 10.2. The number of hydrogen-bond acceptors (Lipinski definition) is 2. The van der Waals surface area contributed by atoms with Gasteiger partial charge in [0.25, 0.3) is 0 Å². The average molecular weight is 137 g/mol. The number of carbonyl (C=O) groups is 1. The van der Waals surface area contributed by atoms with Crippen LogP contribution in [0.4, 0.5) is 0 Å². The van der Waals surface area contributed by atoms with Gasteiger partial charge in [-0.3, -0.25) is 4.79 Å². The molecule has 1 aromatic rings. The summed E-state index contributed by atoms with van der Waals surface area (Å²) in [6, 6.07) is 3.12. The van der Waals surface area contributed by atoms with Crippen LogP contribution in [0.3, 0.4) is 0 Å². The van der Waals surface area contributed by atoms with Crippen molar-refractivity contribution in [3.63, 3.8) is 0 Å². The topological polar surface area (TPSA) is 49.9 Å². The van der Waals surface area contributed by atoms with Crippen molar-refractivity contribution in [3.8, 4) is 0 Å². The van der Waals surface area contributed by atoms with Gasteiger partial charge >= 0.3 is 0 Å². The van der Waals surface area contributed by atoms with Gasteiger partial charge in [-0.1, -0.05) is 0 Å². The van der Waals surface area contributed by atoms with E-state index in [-0.39, 0.29) is 5.56 Å². The van der Waals surface area contributed by atoms with Gasteiger partial charge < -0.3 is 9.78 Å². The van der Waals surface area contributed by atoms with E-state index < -0.39 is 0 Å². The molecule has 0 aromatic carbocycles. The van der Waals surface area contributed by atoms with Crippen molar-refractivity contribution >= 4 is 6.29 Å². The van der Waals surface area contributed by atoms with Crippen LogP contribution in [0.5, 0.6) is 0 Å². The van der Waals surface area contributed by atoms with E-state index in [1.54, 1.807) is 6.07 Å². The summed E-state index contributed by atoms with van der Waals surface area (Å²) in [4.78, 5) is 23.0. The highest BCUT2D eigenvalue weighted by Crippen LogP contribution is 1.90. The number of aldehydes is 1. The number of carbonyl (C=O) groups excluding carboxylic acids is 1. The Kier molecular flexibility index (Phi) is 1.99. The highest BCUT2D eigenvalue weighted by atomic mass is 16.1. The molecule has 0 saturated heterocycles. The van der Waals surface area contributed by atoms with Crippen LogP contribution in [-0.4, -0.2) is 11.3 Å². The smallest absolute Gasteiger partial charge is 0.248 e. The van der Waals surface area contributed by atoms with Gasteiger partial charge in [0, 0.05) is 18.7 Å². The van der Waals surface area contributed by atoms with Gasteiger partial charge in [0.05, 0.1) is 0 Å². The van der Waals surface area contributed by atoms with E-state index in [4.69, 9.17) is 0 Å². The lowest BCUT2D eigenvalue weighted by molar-refractivity contribution is -0.107. The molecule has 0 aliphatic heterocycles. The van der Waals surface area contributed by atoms with Crippen molar-refractivity contribution in [1.29, 1.82) is 0 Å². The summed E-state index contributed by atoms with van der Waals surface area (Å²) in [5, 5.41) is 0. The molecule has 3 heteroatoms. The molecule has 0 amide bonds. The first-order valence-electron chi connectivity index (χ1n) is 2.94. The minimum absolute atomic E-state index is 0.167. The Morgan fingerprint density at radius 2 is 2.40 bits per heavy atom. The van der Waals surface area contributed by atoms with Crippen LogP contribution in [0.1, 0.15) is 5.56 Å². The maximum absolute atomic E-state index is 10.6. The van der Waals surface area contributed by atoms with E-state index in [9.17, 15) is 9.59 Å². The molecule has 1 heterocycles. The molecule has 0 aliphatic rings. The van der Waals surface area contributed by atoms with Crippen molar-refractivity contribution in [2.75, 3.05) is 0 Å².